The summed E-state index contributed by atoms with van der Waals surface area (Å²) < 4.78 is 0. The van der Waals surface area contributed by atoms with Crippen LogP contribution >= 0.6 is 0 Å². The molecule has 0 aromatic heterocycles. The van der Waals surface area contributed by atoms with Gasteiger partial charge in [0.2, 0.25) is 0 Å². The molecule has 2 heterocycles. The van der Waals surface area contributed by atoms with Gasteiger partial charge >= 0.3 is 0 Å². The minimum atomic E-state index is 1.10. The van der Waals surface area contributed by atoms with Crippen molar-refractivity contribution >= 4 is 17.1 Å². The molecule has 0 amide bonds. The van der Waals surface area contributed by atoms with E-state index in [9.17, 15) is 0 Å². The molecule has 0 saturated carbocycles. The van der Waals surface area contributed by atoms with Crippen molar-refractivity contribution in [1.82, 2.24) is 0 Å². The first-order valence-corrected chi connectivity index (χ1v) is 8.15. The maximum absolute atomic E-state index is 3.56. The zero-order valence-corrected chi connectivity index (χ0v) is 12.4. The van der Waals surface area contributed by atoms with Crippen LogP contribution in [0.15, 0.2) is 42.5 Å². The van der Waals surface area contributed by atoms with Crippen LogP contribution in [-0.4, -0.2) is 13.1 Å². The molecule has 108 valence electrons. The minimum absolute atomic E-state index is 1.10. The largest absolute Gasteiger partial charge is 0.385 e. The van der Waals surface area contributed by atoms with Gasteiger partial charge in [-0.1, -0.05) is 24.3 Å². The molecule has 2 aromatic rings. The quantitative estimate of drug-likeness (QED) is 0.825. The zero-order valence-electron chi connectivity index (χ0n) is 12.4. The molecular weight excluding hydrogens is 256 g/mol. The van der Waals surface area contributed by atoms with Crippen LogP contribution < -0.4 is 10.2 Å². The highest BCUT2D eigenvalue weighted by Gasteiger charge is 2.21. The number of nitrogens with one attached hydrogen (secondary N) is 1. The lowest BCUT2D eigenvalue weighted by Gasteiger charge is -2.30. The second-order valence-electron chi connectivity index (χ2n) is 6.07. The van der Waals surface area contributed by atoms with Crippen LogP contribution in [0.2, 0.25) is 0 Å². The van der Waals surface area contributed by atoms with E-state index in [0.29, 0.717) is 0 Å². The number of hydrogen-bond acceptors (Lipinski definition) is 2. The first kappa shape index (κ1) is 12.8. The lowest BCUT2D eigenvalue weighted by molar-refractivity contribution is 0.756. The predicted molar refractivity (Wildman–Crippen MR) is 89.6 cm³/mol. The van der Waals surface area contributed by atoms with Crippen molar-refractivity contribution in [2.75, 3.05) is 23.3 Å². The van der Waals surface area contributed by atoms with E-state index in [0.717, 1.165) is 13.1 Å². The lowest BCUT2D eigenvalue weighted by Crippen LogP contribution is -2.22. The van der Waals surface area contributed by atoms with E-state index in [1.54, 1.807) is 0 Å². The van der Waals surface area contributed by atoms with E-state index in [4.69, 9.17) is 0 Å². The molecule has 0 radical (unpaired) electrons. The summed E-state index contributed by atoms with van der Waals surface area (Å²) in [6.07, 6.45) is 6.20. The Labute approximate surface area is 126 Å². The van der Waals surface area contributed by atoms with Gasteiger partial charge in [0.15, 0.2) is 0 Å². The maximum atomic E-state index is 3.56. The summed E-state index contributed by atoms with van der Waals surface area (Å²) in [5.41, 5.74) is 7.15. The number of benzene rings is 2. The van der Waals surface area contributed by atoms with Gasteiger partial charge in [0.05, 0.1) is 0 Å². The fraction of sp³-hybridized carbons (Fsp3) is 0.368. The fourth-order valence-corrected chi connectivity index (χ4v) is 3.69. The van der Waals surface area contributed by atoms with E-state index in [1.165, 1.54) is 60.3 Å². The number of fused-ring (bicyclic) bond motifs is 2. The maximum Gasteiger partial charge on any atom is 0.0464 e. The average molecular weight is 278 g/mol. The molecule has 0 atom stereocenters. The summed E-state index contributed by atoms with van der Waals surface area (Å²) in [6, 6.07) is 15.6. The third-order valence-corrected chi connectivity index (χ3v) is 4.72. The van der Waals surface area contributed by atoms with Crippen LogP contribution in [0.1, 0.15) is 30.4 Å². The predicted octanol–water partition coefficient (Wildman–Crippen LogP) is 4.52. The van der Waals surface area contributed by atoms with E-state index >= 15 is 0 Å². The van der Waals surface area contributed by atoms with Crippen LogP contribution in [-0.2, 0) is 12.8 Å². The monoisotopic (exact) mass is 278 g/mol. The highest BCUT2D eigenvalue weighted by molar-refractivity contribution is 5.75. The molecule has 0 aliphatic carbocycles. The van der Waals surface area contributed by atoms with E-state index in [2.05, 4.69) is 52.7 Å². The Hall–Kier alpha value is -1.96. The standard InChI is InChI=1S/C19H22N2/c1-2-11-18-15(7-1)8-3-4-14-21(18)19-12-5-10-17-16(19)9-6-13-20-17/h1-2,5,7,10-12,20H,3-4,6,8-9,13-14H2. The molecular formula is C19H22N2. The summed E-state index contributed by atoms with van der Waals surface area (Å²) in [5, 5.41) is 3.56. The molecule has 4 rings (SSSR count). The van der Waals surface area contributed by atoms with E-state index in [1.807, 2.05) is 0 Å². The molecule has 2 aromatic carbocycles. The fourth-order valence-electron chi connectivity index (χ4n) is 3.69. The van der Waals surface area contributed by atoms with Crippen molar-refractivity contribution in [2.24, 2.45) is 0 Å². The lowest BCUT2D eigenvalue weighted by atomic mass is 10.00. The Morgan fingerprint density at radius 2 is 1.71 bits per heavy atom. The summed E-state index contributed by atoms with van der Waals surface area (Å²) in [6.45, 7) is 2.24. The molecule has 1 N–H and O–H groups in total. The molecule has 0 unspecified atom stereocenters. The van der Waals surface area contributed by atoms with Crippen molar-refractivity contribution in [3.05, 3.63) is 53.6 Å². The van der Waals surface area contributed by atoms with Gasteiger partial charge in [0, 0.05) is 30.2 Å². The Morgan fingerprint density at radius 3 is 2.71 bits per heavy atom. The third-order valence-electron chi connectivity index (χ3n) is 4.72. The van der Waals surface area contributed by atoms with Crippen LogP contribution in [0, 0.1) is 0 Å². The second-order valence-corrected chi connectivity index (χ2v) is 6.07. The van der Waals surface area contributed by atoms with E-state index < -0.39 is 0 Å². The molecule has 21 heavy (non-hydrogen) atoms. The summed E-state index contributed by atoms with van der Waals surface area (Å²) in [4.78, 5) is 2.55. The molecule has 2 nitrogen and oxygen atoms in total. The highest BCUT2D eigenvalue weighted by atomic mass is 15.1. The highest BCUT2D eigenvalue weighted by Crippen LogP contribution is 2.38. The summed E-state index contributed by atoms with van der Waals surface area (Å²) >= 11 is 0. The van der Waals surface area contributed by atoms with E-state index in [-0.39, 0.29) is 0 Å². The van der Waals surface area contributed by atoms with Crippen molar-refractivity contribution in [3.8, 4) is 0 Å². The van der Waals surface area contributed by atoms with Crippen LogP contribution in [0.3, 0.4) is 0 Å². The zero-order chi connectivity index (χ0) is 14.1. The van der Waals surface area contributed by atoms with Crippen molar-refractivity contribution in [3.63, 3.8) is 0 Å². The number of anilines is 3. The third kappa shape index (κ3) is 2.29. The molecule has 0 fully saturated rings. The van der Waals surface area contributed by atoms with Crippen molar-refractivity contribution < 1.29 is 0 Å². The molecule has 2 aliphatic heterocycles. The first-order chi connectivity index (χ1) is 10.4. The van der Waals surface area contributed by atoms with Gasteiger partial charge < -0.3 is 10.2 Å². The van der Waals surface area contributed by atoms with Crippen LogP contribution in [0.5, 0.6) is 0 Å². The Morgan fingerprint density at radius 1 is 0.810 bits per heavy atom. The topological polar surface area (TPSA) is 15.3 Å². The van der Waals surface area contributed by atoms with Gasteiger partial charge in [0.1, 0.15) is 0 Å². The molecule has 2 heteroatoms. The normalized spacial score (nSPS) is 17.4. The summed E-state index contributed by atoms with van der Waals surface area (Å²) in [5.74, 6) is 0. The Balaban J connectivity index is 1.83. The first-order valence-electron chi connectivity index (χ1n) is 8.15. The Kier molecular flexibility index (Phi) is 3.30. The second kappa shape index (κ2) is 5.44. The van der Waals surface area contributed by atoms with Gasteiger partial charge in [-0.2, -0.15) is 0 Å². The number of para-hydroxylation sites is 1. The number of aryl methyl sites for hydroxylation is 1. The minimum Gasteiger partial charge on any atom is -0.385 e. The molecule has 0 bridgehead atoms. The van der Waals surface area contributed by atoms with Gasteiger partial charge in [0.25, 0.3) is 0 Å². The van der Waals surface area contributed by atoms with Gasteiger partial charge in [-0.15, -0.1) is 0 Å². The SMILES string of the molecule is c1ccc2c(c1)CCCCN2c1cccc2c1CCCN2. The number of nitrogens with zero attached hydrogens (tertiary/aromatic N) is 1. The molecule has 0 spiro atoms. The number of hydrogen-bond donors (Lipinski definition) is 1. The molecule has 2 aliphatic rings. The molecule has 0 saturated heterocycles. The Bertz CT molecular complexity index is 648. The average Bonchev–Trinajstić information content (AvgIpc) is 2.77. The smallest absolute Gasteiger partial charge is 0.0464 e. The van der Waals surface area contributed by atoms with Crippen molar-refractivity contribution in [1.29, 1.82) is 0 Å². The van der Waals surface area contributed by atoms with Crippen LogP contribution in [0.4, 0.5) is 17.1 Å². The van der Waals surface area contributed by atoms with Gasteiger partial charge in [-0.3, -0.25) is 0 Å². The van der Waals surface area contributed by atoms with Crippen molar-refractivity contribution in [2.45, 2.75) is 32.1 Å². The van der Waals surface area contributed by atoms with Gasteiger partial charge in [-0.25, -0.2) is 0 Å². The van der Waals surface area contributed by atoms with Gasteiger partial charge in [-0.05, 0) is 61.4 Å². The number of rotatable bonds is 1. The van der Waals surface area contributed by atoms with Crippen LogP contribution in [0.25, 0.3) is 0 Å². The summed E-state index contributed by atoms with van der Waals surface area (Å²) in [7, 11) is 0.